The second-order valence-corrected chi connectivity index (χ2v) is 7.01. The minimum atomic E-state index is -4.87. The lowest BCUT2D eigenvalue weighted by Crippen LogP contribution is -2.43. The lowest BCUT2D eigenvalue weighted by atomic mass is 9.81. The van der Waals surface area contributed by atoms with Gasteiger partial charge in [-0.25, -0.2) is 9.07 Å². The molecule has 1 saturated heterocycles. The maximum Gasteiger partial charge on any atom is 0.434 e. The number of halogens is 4. The third-order valence-corrected chi connectivity index (χ3v) is 4.85. The van der Waals surface area contributed by atoms with Crippen LogP contribution in [0.5, 0.6) is 0 Å². The van der Waals surface area contributed by atoms with E-state index in [1.165, 1.54) is 18.2 Å². The van der Waals surface area contributed by atoms with Gasteiger partial charge in [0.25, 0.3) is 5.91 Å². The van der Waals surface area contributed by atoms with Gasteiger partial charge in [-0.05, 0) is 43.5 Å². The first-order valence-electron chi connectivity index (χ1n) is 8.60. The van der Waals surface area contributed by atoms with Crippen molar-refractivity contribution in [3.63, 3.8) is 0 Å². The maximum atomic E-state index is 14.0. The molecular weight excluding hydrogens is 364 g/mol. The van der Waals surface area contributed by atoms with Crippen molar-refractivity contribution in [1.29, 1.82) is 0 Å². The largest absolute Gasteiger partial charge is 0.434 e. The van der Waals surface area contributed by atoms with Crippen molar-refractivity contribution in [2.75, 3.05) is 19.6 Å². The van der Waals surface area contributed by atoms with E-state index in [-0.39, 0.29) is 17.6 Å². The van der Waals surface area contributed by atoms with E-state index >= 15 is 0 Å². The molecule has 2 aromatic rings. The zero-order valence-electron chi connectivity index (χ0n) is 14.7. The molecule has 0 atom stereocenters. The van der Waals surface area contributed by atoms with E-state index in [0.717, 1.165) is 38.2 Å². The SMILES string of the molecule is CC1(CNC(=O)c2cnn(-c3ccccc3F)c2C(F)(F)F)CCNCC1. The molecule has 0 radical (unpaired) electrons. The summed E-state index contributed by atoms with van der Waals surface area (Å²) in [5, 5.41) is 9.42. The normalized spacial score (nSPS) is 16.9. The predicted octanol–water partition coefficient (Wildman–Crippen LogP) is 3.15. The molecule has 1 aromatic carbocycles. The first-order chi connectivity index (χ1) is 12.7. The molecule has 1 aliphatic rings. The van der Waals surface area contributed by atoms with Crippen LogP contribution in [0, 0.1) is 11.2 Å². The molecule has 2 heterocycles. The second-order valence-electron chi connectivity index (χ2n) is 7.01. The number of piperidine rings is 1. The number of amides is 1. The van der Waals surface area contributed by atoms with Crippen LogP contribution >= 0.6 is 0 Å². The monoisotopic (exact) mass is 384 g/mol. The maximum absolute atomic E-state index is 14.0. The topological polar surface area (TPSA) is 59.0 Å². The number of carbonyl (C=O) groups is 1. The molecule has 0 spiro atoms. The summed E-state index contributed by atoms with van der Waals surface area (Å²) in [5.74, 6) is -1.73. The van der Waals surface area contributed by atoms with Crippen molar-refractivity contribution in [3.8, 4) is 5.69 Å². The van der Waals surface area contributed by atoms with E-state index in [9.17, 15) is 22.4 Å². The summed E-state index contributed by atoms with van der Waals surface area (Å²) in [6.45, 7) is 3.84. The Labute approximate surface area is 153 Å². The first-order valence-corrected chi connectivity index (χ1v) is 8.60. The Balaban J connectivity index is 1.89. The average Bonchev–Trinajstić information content (AvgIpc) is 3.06. The van der Waals surface area contributed by atoms with Gasteiger partial charge < -0.3 is 10.6 Å². The van der Waals surface area contributed by atoms with E-state index < -0.39 is 29.2 Å². The van der Waals surface area contributed by atoms with Gasteiger partial charge >= 0.3 is 6.18 Å². The molecular formula is C18H20F4N4O. The van der Waals surface area contributed by atoms with Gasteiger partial charge in [0.2, 0.25) is 0 Å². The number of carbonyl (C=O) groups excluding carboxylic acids is 1. The Hall–Kier alpha value is -2.42. The van der Waals surface area contributed by atoms with Gasteiger partial charge in [-0.15, -0.1) is 0 Å². The number of hydrogen-bond donors (Lipinski definition) is 2. The number of alkyl halides is 3. The number of para-hydroxylation sites is 1. The van der Waals surface area contributed by atoms with Crippen molar-refractivity contribution < 1.29 is 22.4 Å². The highest BCUT2D eigenvalue weighted by molar-refractivity contribution is 5.95. The molecule has 27 heavy (non-hydrogen) atoms. The molecule has 0 unspecified atom stereocenters. The number of nitrogens with one attached hydrogen (secondary N) is 2. The standard InChI is InChI=1S/C18H20F4N4O/c1-17(6-8-23-9-7-17)11-24-16(27)12-10-25-26(15(12)18(20,21)22)14-5-3-2-4-13(14)19/h2-5,10,23H,6-9,11H2,1H3,(H,24,27). The van der Waals surface area contributed by atoms with Crippen LogP contribution in [0.15, 0.2) is 30.5 Å². The van der Waals surface area contributed by atoms with Crippen LogP contribution in [0.25, 0.3) is 5.69 Å². The van der Waals surface area contributed by atoms with Crippen molar-refractivity contribution >= 4 is 5.91 Å². The Morgan fingerprint density at radius 3 is 2.59 bits per heavy atom. The van der Waals surface area contributed by atoms with E-state index in [1.54, 1.807) is 0 Å². The number of rotatable bonds is 4. The highest BCUT2D eigenvalue weighted by Crippen LogP contribution is 2.34. The summed E-state index contributed by atoms with van der Waals surface area (Å²) in [6.07, 6.45) is -2.42. The predicted molar refractivity (Wildman–Crippen MR) is 91.1 cm³/mol. The summed E-state index contributed by atoms with van der Waals surface area (Å²) < 4.78 is 55.2. The van der Waals surface area contributed by atoms with Crippen LogP contribution in [0.1, 0.15) is 35.8 Å². The molecule has 5 nitrogen and oxygen atoms in total. The Bertz CT molecular complexity index is 825. The molecule has 2 N–H and O–H groups in total. The van der Waals surface area contributed by atoms with E-state index in [0.29, 0.717) is 4.68 Å². The highest BCUT2D eigenvalue weighted by Gasteiger charge is 2.41. The zero-order chi connectivity index (χ0) is 19.7. The molecule has 1 aliphatic heterocycles. The molecule has 146 valence electrons. The van der Waals surface area contributed by atoms with Crippen molar-refractivity contribution in [1.82, 2.24) is 20.4 Å². The summed E-state index contributed by atoms with van der Waals surface area (Å²) in [5.41, 5.74) is -2.46. The fourth-order valence-corrected chi connectivity index (χ4v) is 3.19. The van der Waals surface area contributed by atoms with Crippen LogP contribution < -0.4 is 10.6 Å². The van der Waals surface area contributed by atoms with Crippen LogP contribution in [0.4, 0.5) is 17.6 Å². The third kappa shape index (κ3) is 4.13. The van der Waals surface area contributed by atoms with Crippen molar-refractivity contribution in [2.24, 2.45) is 5.41 Å². The minimum Gasteiger partial charge on any atom is -0.351 e. The third-order valence-electron chi connectivity index (χ3n) is 4.85. The molecule has 9 heteroatoms. The van der Waals surface area contributed by atoms with E-state index in [2.05, 4.69) is 15.7 Å². The van der Waals surface area contributed by atoms with Crippen LogP contribution in [-0.2, 0) is 6.18 Å². The van der Waals surface area contributed by atoms with Gasteiger partial charge in [0, 0.05) is 6.54 Å². The minimum absolute atomic E-state index is 0.180. The fourth-order valence-electron chi connectivity index (χ4n) is 3.19. The average molecular weight is 384 g/mol. The number of nitrogens with zero attached hydrogens (tertiary/aromatic N) is 2. The van der Waals surface area contributed by atoms with Gasteiger partial charge in [0.1, 0.15) is 11.5 Å². The van der Waals surface area contributed by atoms with E-state index in [4.69, 9.17) is 0 Å². The lowest BCUT2D eigenvalue weighted by Gasteiger charge is -2.34. The van der Waals surface area contributed by atoms with Crippen molar-refractivity contribution in [2.45, 2.75) is 25.9 Å². The van der Waals surface area contributed by atoms with Crippen LogP contribution in [-0.4, -0.2) is 35.3 Å². The molecule has 1 aromatic heterocycles. The van der Waals surface area contributed by atoms with Gasteiger partial charge in [0.15, 0.2) is 5.69 Å². The number of benzene rings is 1. The summed E-state index contributed by atoms with van der Waals surface area (Å²) in [7, 11) is 0. The molecule has 1 fully saturated rings. The molecule has 1 amide bonds. The molecule has 0 saturated carbocycles. The number of aromatic nitrogens is 2. The second kappa shape index (κ2) is 7.30. The Kier molecular flexibility index (Phi) is 5.23. The number of hydrogen-bond acceptors (Lipinski definition) is 3. The van der Waals surface area contributed by atoms with Gasteiger partial charge in [-0.1, -0.05) is 19.1 Å². The summed E-state index contributed by atoms with van der Waals surface area (Å²) in [4.78, 5) is 12.5. The van der Waals surface area contributed by atoms with E-state index in [1.807, 2.05) is 6.92 Å². The van der Waals surface area contributed by atoms with Gasteiger partial charge in [-0.2, -0.15) is 18.3 Å². The van der Waals surface area contributed by atoms with Crippen molar-refractivity contribution in [3.05, 3.63) is 47.5 Å². The first kappa shape index (κ1) is 19.3. The fraction of sp³-hybridized carbons (Fsp3) is 0.444. The summed E-state index contributed by atoms with van der Waals surface area (Å²) >= 11 is 0. The molecule has 0 bridgehead atoms. The zero-order valence-corrected chi connectivity index (χ0v) is 14.7. The van der Waals surface area contributed by atoms with Gasteiger partial charge in [-0.3, -0.25) is 4.79 Å². The van der Waals surface area contributed by atoms with Gasteiger partial charge in [0.05, 0.1) is 11.8 Å². The quantitative estimate of drug-likeness (QED) is 0.797. The highest BCUT2D eigenvalue weighted by atomic mass is 19.4. The smallest absolute Gasteiger partial charge is 0.351 e. The molecule has 3 rings (SSSR count). The Morgan fingerprint density at radius 2 is 1.96 bits per heavy atom. The van der Waals surface area contributed by atoms with Crippen LogP contribution in [0.2, 0.25) is 0 Å². The molecule has 0 aliphatic carbocycles. The lowest BCUT2D eigenvalue weighted by molar-refractivity contribution is -0.143. The van der Waals surface area contributed by atoms with Crippen LogP contribution in [0.3, 0.4) is 0 Å². The summed E-state index contributed by atoms with van der Waals surface area (Å²) in [6, 6.07) is 4.98. The Morgan fingerprint density at radius 1 is 1.30 bits per heavy atom.